The van der Waals surface area contributed by atoms with Crippen LogP contribution < -0.4 is 4.74 Å². The molecule has 1 fully saturated rings. The van der Waals surface area contributed by atoms with E-state index in [1.165, 1.54) is 5.56 Å². The van der Waals surface area contributed by atoms with Gasteiger partial charge < -0.3 is 19.3 Å². The molecule has 0 N–H and O–H groups in total. The molecule has 1 aliphatic heterocycles. The van der Waals surface area contributed by atoms with Crippen LogP contribution in [0.25, 0.3) is 0 Å². The van der Waals surface area contributed by atoms with Crippen LogP contribution in [0.5, 0.6) is 5.75 Å². The van der Waals surface area contributed by atoms with Crippen LogP contribution in [-0.4, -0.2) is 61.2 Å². The van der Waals surface area contributed by atoms with Gasteiger partial charge in [0, 0.05) is 26.2 Å². The zero-order chi connectivity index (χ0) is 17.5. The highest BCUT2D eigenvalue weighted by Crippen LogP contribution is 2.20. The van der Waals surface area contributed by atoms with Crippen molar-refractivity contribution >= 4 is 12.0 Å². The van der Waals surface area contributed by atoms with E-state index in [-0.39, 0.29) is 18.6 Å². The number of carbonyl (C=O) groups is 2. The minimum absolute atomic E-state index is 0.0148. The Balaban J connectivity index is 1.80. The predicted molar refractivity (Wildman–Crippen MR) is 91.2 cm³/mol. The molecular formula is C18H26N2O4. The summed E-state index contributed by atoms with van der Waals surface area (Å²) in [5, 5.41) is 0. The summed E-state index contributed by atoms with van der Waals surface area (Å²) in [6, 6.07) is 7.82. The molecule has 2 amide bonds. The standard InChI is InChI=1S/C18H26N2O4/c1-4-23-18(22)20-10-8-19(9-11-20)17(21)13-24-16-7-5-6-15(12-16)14(2)3/h5-7,12,14H,4,8-11,13H2,1-3H3. The fourth-order valence-corrected chi connectivity index (χ4v) is 2.55. The third-order valence-electron chi connectivity index (χ3n) is 4.05. The average Bonchev–Trinajstić information content (AvgIpc) is 2.60. The van der Waals surface area contributed by atoms with Gasteiger partial charge in [-0.3, -0.25) is 4.79 Å². The molecule has 0 unspecified atom stereocenters. The van der Waals surface area contributed by atoms with Crippen molar-refractivity contribution in [3.05, 3.63) is 29.8 Å². The summed E-state index contributed by atoms with van der Waals surface area (Å²) >= 11 is 0. The quantitative estimate of drug-likeness (QED) is 0.830. The van der Waals surface area contributed by atoms with Crippen LogP contribution in [0.1, 0.15) is 32.3 Å². The molecule has 24 heavy (non-hydrogen) atoms. The van der Waals surface area contributed by atoms with E-state index >= 15 is 0 Å². The number of piperazine rings is 1. The van der Waals surface area contributed by atoms with E-state index in [9.17, 15) is 9.59 Å². The van der Waals surface area contributed by atoms with Crippen LogP contribution in [-0.2, 0) is 9.53 Å². The van der Waals surface area contributed by atoms with Gasteiger partial charge in [-0.25, -0.2) is 4.79 Å². The molecule has 0 radical (unpaired) electrons. The van der Waals surface area contributed by atoms with Crippen molar-refractivity contribution < 1.29 is 19.1 Å². The van der Waals surface area contributed by atoms with E-state index < -0.39 is 0 Å². The molecule has 1 aliphatic rings. The number of nitrogens with zero attached hydrogens (tertiary/aromatic N) is 2. The number of rotatable bonds is 5. The first-order chi connectivity index (χ1) is 11.5. The second-order valence-electron chi connectivity index (χ2n) is 6.08. The van der Waals surface area contributed by atoms with Gasteiger partial charge in [-0.05, 0) is 30.5 Å². The third-order valence-corrected chi connectivity index (χ3v) is 4.05. The zero-order valence-corrected chi connectivity index (χ0v) is 14.7. The smallest absolute Gasteiger partial charge is 0.409 e. The van der Waals surface area contributed by atoms with Gasteiger partial charge in [-0.2, -0.15) is 0 Å². The molecule has 132 valence electrons. The van der Waals surface area contributed by atoms with Crippen molar-refractivity contribution in [1.82, 2.24) is 9.80 Å². The SMILES string of the molecule is CCOC(=O)N1CCN(C(=O)COc2cccc(C(C)C)c2)CC1. The van der Waals surface area contributed by atoms with Gasteiger partial charge in [0.2, 0.25) is 0 Å². The van der Waals surface area contributed by atoms with Crippen molar-refractivity contribution in [1.29, 1.82) is 0 Å². The molecule has 0 saturated carbocycles. The molecule has 1 heterocycles. The molecule has 0 aliphatic carbocycles. The lowest BCUT2D eigenvalue weighted by atomic mass is 10.0. The van der Waals surface area contributed by atoms with Crippen LogP contribution in [0, 0.1) is 0 Å². The van der Waals surface area contributed by atoms with E-state index in [0.717, 1.165) is 0 Å². The monoisotopic (exact) mass is 334 g/mol. The van der Waals surface area contributed by atoms with Crippen LogP contribution in [0.2, 0.25) is 0 Å². The van der Waals surface area contributed by atoms with Crippen molar-refractivity contribution in [2.75, 3.05) is 39.4 Å². The first kappa shape index (κ1) is 18.1. The van der Waals surface area contributed by atoms with Gasteiger partial charge in [0.1, 0.15) is 5.75 Å². The number of ether oxygens (including phenoxy) is 2. The Morgan fingerprint density at radius 3 is 2.42 bits per heavy atom. The third kappa shape index (κ3) is 4.88. The Labute approximate surface area is 143 Å². The Morgan fingerprint density at radius 1 is 1.12 bits per heavy atom. The lowest BCUT2D eigenvalue weighted by Gasteiger charge is -2.33. The first-order valence-electron chi connectivity index (χ1n) is 8.43. The van der Waals surface area contributed by atoms with E-state index in [0.29, 0.717) is 44.5 Å². The fraction of sp³-hybridized carbons (Fsp3) is 0.556. The summed E-state index contributed by atoms with van der Waals surface area (Å²) in [7, 11) is 0. The van der Waals surface area contributed by atoms with Crippen LogP contribution in [0.15, 0.2) is 24.3 Å². The lowest BCUT2D eigenvalue weighted by Crippen LogP contribution is -2.51. The Hall–Kier alpha value is -2.24. The molecule has 0 bridgehead atoms. The second kappa shape index (κ2) is 8.57. The van der Waals surface area contributed by atoms with Gasteiger partial charge in [-0.1, -0.05) is 26.0 Å². The highest BCUT2D eigenvalue weighted by Gasteiger charge is 2.24. The maximum Gasteiger partial charge on any atom is 0.409 e. The molecule has 6 nitrogen and oxygen atoms in total. The molecule has 6 heteroatoms. The van der Waals surface area contributed by atoms with Gasteiger partial charge >= 0.3 is 6.09 Å². The minimum atomic E-state index is -0.314. The summed E-state index contributed by atoms with van der Waals surface area (Å²) in [6.07, 6.45) is -0.314. The van der Waals surface area contributed by atoms with Crippen molar-refractivity contribution in [3.63, 3.8) is 0 Å². The second-order valence-corrected chi connectivity index (χ2v) is 6.08. The largest absolute Gasteiger partial charge is 0.484 e. The number of carbonyl (C=O) groups excluding carboxylic acids is 2. The summed E-state index contributed by atoms with van der Waals surface area (Å²) in [4.78, 5) is 27.3. The molecule has 1 saturated heterocycles. The maximum atomic E-state index is 12.3. The summed E-state index contributed by atoms with van der Waals surface area (Å²) < 4.78 is 10.6. The Bertz CT molecular complexity index is 566. The van der Waals surface area contributed by atoms with E-state index in [1.807, 2.05) is 24.3 Å². The van der Waals surface area contributed by atoms with E-state index in [2.05, 4.69) is 13.8 Å². The van der Waals surface area contributed by atoms with E-state index in [1.54, 1.807) is 16.7 Å². The zero-order valence-electron chi connectivity index (χ0n) is 14.7. The first-order valence-corrected chi connectivity index (χ1v) is 8.43. The van der Waals surface area contributed by atoms with Crippen LogP contribution >= 0.6 is 0 Å². The fourth-order valence-electron chi connectivity index (χ4n) is 2.55. The highest BCUT2D eigenvalue weighted by atomic mass is 16.6. The lowest BCUT2D eigenvalue weighted by molar-refractivity contribution is -0.134. The number of benzene rings is 1. The molecule has 0 aromatic heterocycles. The number of amides is 2. The summed E-state index contributed by atoms with van der Waals surface area (Å²) in [6.45, 7) is 8.40. The number of hydrogen-bond acceptors (Lipinski definition) is 4. The molecule has 0 atom stereocenters. The Morgan fingerprint density at radius 2 is 1.79 bits per heavy atom. The Kier molecular flexibility index (Phi) is 6.46. The molecule has 1 aromatic rings. The van der Waals surface area contributed by atoms with Gasteiger partial charge in [-0.15, -0.1) is 0 Å². The minimum Gasteiger partial charge on any atom is -0.484 e. The van der Waals surface area contributed by atoms with Crippen molar-refractivity contribution in [3.8, 4) is 5.75 Å². The number of hydrogen-bond donors (Lipinski definition) is 0. The van der Waals surface area contributed by atoms with Crippen molar-refractivity contribution in [2.45, 2.75) is 26.7 Å². The molecular weight excluding hydrogens is 308 g/mol. The van der Waals surface area contributed by atoms with Crippen LogP contribution in [0.4, 0.5) is 4.79 Å². The molecule has 2 rings (SSSR count). The van der Waals surface area contributed by atoms with Gasteiger partial charge in [0.15, 0.2) is 6.61 Å². The summed E-state index contributed by atoms with van der Waals surface area (Å²) in [5.74, 6) is 1.06. The molecule has 1 aromatic carbocycles. The predicted octanol–water partition coefficient (Wildman–Crippen LogP) is 2.49. The van der Waals surface area contributed by atoms with E-state index in [4.69, 9.17) is 9.47 Å². The van der Waals surface area contributed by atoms with Gasteiger partial charge in [0.25, 0.3) is 5.91 Å². The maximum absolute atomic E-state index is 12.3. The normalized spacial score (nSPS) is 14.7. The highest BCUT2D eigenvalue weighted by molar-refractivity contribution is 5.78. The summed E-state index contributed by atoms with van der Waals surface area (Å²) in [5.41, 5.74) is 1.18. The molecule has 0 spiro atoms. The van der Waals surface area contributed by atoms with Crippen LogP contribution in [0.3, 0.4) is 0 Å². The topological polar surface area (TPSA) is 59.1 Å². The van der Waals surface area contributed by atoms with Gasteiger partial charge in [0.05, 0.1) is 6.61 Å². The van der Waals surface area contributed by atoms with Crippen molar-refractivity contribution in [2.24, 2.45) is 0 Å². The average molecular weight is 334 g/mol.